The number of ether oxygens (including phenoxy) is 3. The highest BCUT2D eigenvalue weighted by atomic mass is 16.6. The standard InChI is InChI=1S/C20H32O5/c1-7-13(4)23-17-10-16(12-19(21)22)11-18(24-14(5)8-2)20(17)25-15(6)9-3/h10-11,13-15H,7-9,12H2,1-6H3,(H,21,22). The first-order valence-corrected chi connectivity index (χ1v) is 9.19. The van der Waals surface area contributed by atoms with Crippen LogP contribution in [0.3, 0.4) is 0 Å². The van der Waals surface area contributed by atoms with E-state index in [1.807, 2.05) is 41.5 Å². The second-order valence-electron chi connectivity index (χ2n) is 6.50. The summed E-state index contributed by atoms with van der Waals surface area (Å²) >= 11 is 0. The minimum absolute atomic E-state index is 0.00360. The maximum Gasteiger partial charge on any atom is 0.307 e. The van der Waals surface area contributed by atoms with Gasteiger partial charge in [0.05, 0.1) is 24.7 Å². The van der Waals surface area contributed by atoms with Crippen LogP contribution >= 0.6 is 0 Å². The summed E-state index contributed by atoms with van der Waals surface area (Å²) in [5.74, 6) is 0.766. The van der Waals surface area contributed by atoms with E-state index in [0.29, 0.717) is 22.8 Å². The summed E-state index contributed by atoms with van der Waals surface area (Å²) in [5.41, 5.74) is 0.639. The van der Waals surface area contributed by atoms with E-state index in [1.54, 1.807) is 12.1 Å². The lowest BCUT2D eigenvalue weighted by Gasteiger charge is -2.24. The fourth-order valence-electron chi connectivity index (χ4n) is 2.08. The van der Waals surface area contributed by atoms with Crippen LogP contribution in [-0.2, 0) is 11.2 Å². The van der Waals surface area contributed by atoms with Gasteiger partial charge in [-0.2, -0.15) is 0 Å². The summed E-state index contributed by atoms with van der Waals surface area (Å²) in [6.45, 7) is 12.1. The summed E-state index contributed by atoms with van der Waals surface area (Å²) in [6.07, 6.45) is 2.44. The van der Waals surface area contributed by atoms with Gasteiger partial charge in [-0.25, -0.2) is 0 Å². The Morgan fingerprint density at radius 2 is 1.28 bits per heavy atom. The molecule has 3 unspecified atom stereocenters. The normalized spacial score (nSPS) is 14.5. The van der Waals surface area contributed by atoms with Gasteiger partial charge < -0.3 is 19.3 Å². The average molecular weight is 352 g/mol. The van der Waals surface area contributed by atoms with E-state index < -0.39 is 5.97 Å². The van der Waals surface area contributed by atoms with Crippen molar-refractivity contribution in [2.24, 2.45) is 0 Å². The van der Waals surface area contributed by atoms with Crippen molar-refractivity contribution >= 4 is 5.97 Å². The Bertz CT molecular complexity index is 522. The number of carboxylic acid groups (broad SMARTS) is 1. The lowest BCUT2D eigenvalue weighted by atomic mass is 10.1. The molecule has 0 saturated carbocycles. The molecular formula is C20H32O5. The molecule has 0 fully saturated rings. The van der Waals surface area contributed by atoms with Crippen LogP contribution in [0.4, 0.5) is 0 Å². The van der Waals surface area contributed by atoms with E-state index in [2.05, 4.69) is 0 Å². The molecule has 142 valence electrons. The first kappa shape index (κ1) is 21.1. The van der Waals surface area contributed by atoms with Gasteiger partial charge in [0, 0.05) is 0 Å². The molecule has 0 saturated heterocycles. The summed E-state index contributed by atoms with van der Waals surface area (Å²) < 4.78 is 18.1. The van der Waals surface area contributed by atoms with Gasteiger partial charge in [0.15, 0.2) is 11.5 Å². The molecule has 0 bridgehead atoms. The Hall–Kier alpha value is -1.91. The van der Waals surface area contributed by atoms with Crippen LogP contribution in [0.2, 0.25) is 0 Å². The van der Waals surface area contributed by atoms with Crippen molar-refractivity contribution in [1.82, 2.24) is 0 Å². The SMILES string of the molecule is CCC(C)Oc1cc(CC(=O)O)cc(OC(C)CC)c1OC(C)CC. The van der Waals surface area contributed by atoms with Gasteiger partial charge in [0.2, 0.25) is 5.75 Å². The third-order valence-corrected chi connectivity index (χ3v) is 4.14. The summed E-state index contributed by atoms with van der Waals surface area (Å²) in [6, 6.07) is 3.50. The highest BCUT2D eigenvalue weighted by Gasteiger charge is 2.21. The summed E-state index contributed by atoms with van der Waals surface area (Å²) in [7, 11) is 0. The molecule has 25 heavy (non-hydrogen) atoms. The topological polar surface area (TPSA) is 65.0 Å². The molecule has 0 aliphatic heterocycles. The molecule has 5 nitrogen and oxygen atoms in total. The van der Waals surface area contributed by atoms with Gasteiger partial charge in [-0.05, 0) is 57.7 Å². The molecular weight excluding hydrogens is 320 g/mol. The minimum Gasteiger partial charge on any atom is -0.487 e. The first-order chi connectivity index (χ1) is 11.8. The second kappa shape index (κ2) is 10.2. The smallest absolute Gasteiger partial charge is 0.307 e. The molecule has 0 heterocycles. The third-order valence-electron chi connectivity index (χ3n) is 4.14. The molecule has 3 atom stereocenters. The Morgan fingerprint density at radius 3 is 1.64 bits per heavy atom. The zero-order valence-corrected chi connectivity index (χ0v) is 16.3. The fraction of sp³-hybridized carbons (Fsp3) is 0.650. The zero-order chi connectivity index (χ0) is 19.0. The van der Waals surface area contributed by atoms with E-state index in [-0.39, 0.29) is 24.7 Å². The van der Waals surface area contributed by atoms with Gasteiger partial charge in [-0.15, -0.1) is 0 Å². The van der Waals surface area contributed by atoms with Crippen LogP contribution in [0.5, 0.6) is 17.2 Å². The minimum atomic E-state index is -0.889. The maximum atomic E-state index is 11.1. The Balaban J connectivity index is 3.37. The van der Waals surface area contributed by atoms with Crippen molar-refractivity contribution in [2.75, 3.05) is 0 Å². The van der Waals surface area contributed by atoms with Gasteiger partial charge in [0.1, 0.15) is 0 Å². The summed E-state index contributed by atoms with van der Waals surface area (Å²) in [4.78, 5) is 11.1. The highest BCUT2D eigenvalue weighted by molar-refractivity contribution is 5.71. The van der Waals surface area contributed by atoms with Crippen LogP contribution < -0.4 is 14.2 Å². The molecule has 0 aromatic heterocycles. The van der Waals surface area contributed by atoms with E-state index in [4.69, 9.17) is 19.3 Å². The van der Waals surface area contributed by atoms with Crippen molar-refractivity contribution in [2.45, 2.75) is 85.5 Å². The van der Waals surface area contributed by atoms with E-state index in [9.17, 15) is 4.79 Å². The number of hydrogen-bond acceptors (Lipinski definition) is 4. The quantitative estimate of drug-likeness (QED) is 0.617. The molecule has 1 rings (SSSR count). The van der Waals surface area contributed by atoms with Gasteiger partial charge in [0.25, 0.3) is 0 Å². The summed E-state index contributed by atoms with van der Waals surface area (Å²) in [5, 5.41) is 9.14. The lowest BCUT2D eigenvalue weighted by Crippen LogP contribution is -2.17. The van der Waals surface area contributed by atoms with Crippen LogP contribution in [0.15, 0.2) is 12.1 Å². The van der Waals surface area contributed by atoms with Crippen LogP contribution in [0.1, 0.15) is 66.4 Å². The number of carboxylic acids is 1. The maximum absolute atomic E-state index is 11.1. The largest absolute Gasteiger partial charge is 0.487 e. The molecule has 1 aromatic rings. The first-order valence-electron chi connectivity index (χ1n) is 9.19. The molecule has 5 heteroatoms. The number of rotatable bonds is 11. The zero-order valence-electron chi connectivity index (χ0n) is 16.3. The van der Waals surface area contributed by atoms with Gasteiger partial charge >= 0.3 is 5.97 Å². The van der Waals surface area contributed by atoms with Crippen LogP contribution in [0.25, 0.3) is 0 Å². The molecule has 1 N–H and O–H groups in total. The number of carbonyl (C=O) groups is 1. The third kappa shape index (κ3) is 6.85. The Labute approximate surface area is 151 Å². The Kier molecular flexibility index (Phi) is 8.59. The predicted molar refractivity (Wildman–Crippen MR) is 98.9 cm³/mol. The van der Waals surface area contributed by atoms with Crippen molar-refractivity contribution in [3.05, 3.63) is 17.7 Å². The fourth-order valence-corrected chi connectivity index (χ4v) is 2.08. The van der Waals surface area contributed by atoms with Crippen molar-refractivity contribution in [3.8, 4) is 17.2 Å². The van der Waals surface area contributed by atoms with E-state index >= 15 is 0 Å². The van der Waals surface area contributed by atoms with Crippen molar-refractivity contribution in [3.63, 3.8) is 0 Å². The van der Waals surface area contributed by atoms with Gasteiger partial charge in [-0.1, -0.05) is 20.8 Å². The van der Waals surface area contributed by atoms with E-state index in [1.165, 1.54) is 0 Å². The van der Waals surface area contributed by atoms with Crippen LogP contribution in [-0.4, -0.2) is 29.4 Å². The van der Waals surface area contributed by atoms with Crippen molar-refractivity contribution < 1.29 is 24.1 Å². The molecule has 0 radical (unpaired) electrons. The van der Waals surface area contributed by atoms with Crippen molar-refractivity contribution in [1.29, 1.82) is 0 Å². The van der Waals surface area contributed by atoms with E-state index in [0.717, 1.165) is 19.3 Å². The van der Waals surface area contributed by atoms with Crippen LogP contribution in [0, 0.1) is 0 Å². The Morgan fingerprint density at radius 1 is 0.880 bits per heavy atom. The number of aliphatic carboxylic acids is 1. The second-order valence-corrected chi connectivity index (χ2v) is 6.50. The molecule has 0 spiro atoms. The molecule has 0 aliphatic carbocycles. The highest BCUT2D eigenvalue weighted by Crippen LogP contribution is 2.41. The van der Waals surface area contributed by atoms with Gasteiger partial charge in [-0.3, -0.25) is 4.79 Å². The molecule has 1 aromatic carbocycles. The monoisotopic (exact) mass is 352 g/mol. The molecule has 0 amide bonds. The average Bonchev–Trinajstić information content (AvgIpc) is 2.56. The number of hydrogen-bond donors (Lipinski definition) is 1. The molecule has 0 aliphatic rings. The number of benzene rings is 1. The lowest BCUT2D eigenvalue weighted by molar-refractivity contribution is -0.136. The predicted octanol–water partition coefficient (Wildman–Crippen LogP) is 4.85.